The molecule has 1 aliphatic rings. The molecule has 0 saturated carbocycles. The quantitative estimate of drug-likeness (QED) is 0.315. The van der Waals surface area contributed by atoms with Gasteiger partial charge in [-0.2, -0.15) is 5.01 Å². The number of carbonyl (C=O) groups excluding carboxylic acids is 3. The fraction of sp³-hybridized carbons (Fsp3) is 0.400. The Morgan fingerprint density at radius 1 is 1.36 bits per heavy atom. The number of carbonyl (C=O) groups is 3. The Balaban J connectivity index is 2.47. The summed E-state index contributed by atoms with van der Waals surface area (Å²) in [4.78, 5) is 35.1. The number of imide groups is 1. The Labute approximate surface area is 62.0 Å². The van der Waals surface area contributed by atoms with Crippen LogP contribution in [0, 0.1) is 0 Å². The van der Waals surface area contributed by atoms with Gasteiger partial charge in [-0.1, -0.05) is 5.59 Å². The molecule has 1 fully saturated rings. The van der Waals surface area contributed by atoms with E-state index >= 15 is 0 Å². The van der Waals surface area contributed by atoms with Gasteiger partial charge >= 0.3 is 6.47 Å². The van der Waals surface area contributed by atoms with Gasteiger partial charge in [-0.25, -0.2) is 0 Å². The van der Waals surface area contributed by atoms with E-state index in [2.05, 4.69) is 4.84 Å². The topological polar surface area (TPSA) is 75.7 Å². The summed E-state index contributed by atoms with van der Waals surface area (Å²) in [6.45, 7) is 0.0961. The van der Waals surface area contributed by atoms with Crippen LogP contribution in [0.5, 0.6) is 0 Å². The third kappa shape index (κ3) is 1.53. The highest BCUT2D eigenvalue weighted by molar-refractivity contribution is 6.01. The highest BCUT2D eigenvalue weighted by atomic mass is 16.7. The van der Waals surface area contributed by atoms with Crippen LogP contribution in [0.1, 0.15) is 12.8 Å². The Kier molecular flexibility index (Phi) is 2.17. The van der Waals surface area contributed by atoms with Crippen LogP contribution in [0.3, 0.4) is 0 Å². The first-order chi connectivity index (χ1) is 5.25. The minimum absolute atomic E-state index is 0.0961. The van der Waals surface area contributed by atoms with Crippen molar-refractivity contribution >= 4 is 18.3 Å². The lowest BCUT2D eigenvalue weighted by atomic mass is 10.4. The van der Waals surface area contributed by atoms with Gasteiger partial charge < -0.3 is 4.84 Å². The molecule has 6 nitrogen and oxygen atoms in total. The molecule has 0 bridgehead atoms. The third-order valence-corrected chi connectivity index (χ3v) is 1.24. The van der Waals surface area contributed by atoms with Gasteiger partial charge in [0.15, 0.2) is 0 Å². The minimum atomic E-state index is -0.392. The maximum atomic E-state index is 10.7. The van der Waals surface area contributed by atoms with Crippen molar-refractivity contribution in [2.24, 2.45) is 0 Å². The Morgan fingerprint density at radius 3 is 2.36 bits per heavy atom. The summed E-state index contributed by atoms with van der Waals surface area (Å²) < 4.78 is 0. The van der Waals surface area contributed by atoms with Gasteiger partial charge in [-0.05, 0) is 0 Å². The molecule has 6 heteroatoms. The number of hydrogen-bond acceptors (Lipinski definition) is 5. The lowest BCUT2D eigenvalue weighted by Gasteiger charge is -2.10. The van der Waals surface area contributed by atoms with Crippen molar-refractivity contribution in [1.82, 2.24) is 10.6 Å². The lowest BCUT2D eigenvalue weighted by molar-refractivity contribution is -0.163. The summed E-state index contributed by atoms with van der Waals surface area (Å²) in [5, 5.41) is 0.675. The number of nitrogens with one attached hydrogen (secondary N) is 1. The molecule has 60 valence electrons. The van der Waals surface area contributed by atoms with Gasteiger partial charge in [-0.3, -0.25) is 14.4 Å². The molecule has 0 unspecified atom stereocenters. The Bertz CT molecular complexity index is 187. The maximum absolute atomic E-state index is 10.7. The number of rotatable bonds is 3. The van der Waals surface area contributed by atoms with Crippen molar-refractivity contribution in [2.45, 2.75) is 12.8 Å². The van der Waals surface area contributed by atoms with E-state index in [0.717, 1.165) is 0 Å². The van der Waals surface area contributed by atoms with Gasteiger partial charge in [-0.15, -0.1) is 0 Å². The fourth-order valence-electron chi connectivity index (χ4n) is 0.753. The van der Waals surface area contributed by atoms with Crippen LogP contribution in [-0.2, 0) is 19.2 Å². The van der Waals surface area contributed by atoms with Gasteiger partial charge in [0, 0.05) is 12.8 Å². The van der Waals surface area contributed by atoms with Gasteiger partial charge in [0.25, 0.3) is 0 Å². The molecule has 0 radical (unpaired) electrons. The van der Waals surface area contributed by atoms with Crippen LogP contribution in [-0.4, -0.2) is 23.3 Å². The van der Waals surface area contributed by atoms with Crippen molar-refractivity contribution in [3.05, 3.63) is 0 Å². The summed E-state index contributed by atoms with van der Waals surface area (Å²) >= 11 is 0. The fourth-order valence-corrected chi connectivity index (χ4v) is 0.753. The molecule has 1 aliphatic heterocycles. The van der Waals surface area contributed by atoms with Crippen LogP contribution < -0.4 is 5.59 Å². The molecule has 1 heterocycles. The standard InChI is InChI=1S/C5H6N2O4/c8-3-11-6-7-4(9)1-2-5(7)10/h3,6H,1-2H2. The molecule has 0 atom stereocenters. The molecule has 0 spiro atoms. The highest BCUT2D eigenvalue weighted by Crippen LogP contribution is 2.07. The summed E-state index contributed by atoms with van der Waals surface area (Å²) in [7, 11) is 0. The van der Waals surface area contributed by atoms with E-state index in [1.165, 1.54) is 0 Å². The normalized spacial score (nSPS) is 17.3. The predicted octanol–water partition coefficient (Wildman–Crippen LogP) is -1.27. The zero-order chi connectivity index (χ0) is 8.27. The van der Waals surface area contributed by atoms with E-state index in [4.69, 9.17) is 0 Å². The zero-order valence-corrected chi connectivity index (χ0v) is 5.57. The lowest BCUT2D eigenvalue weighted by Crippen LogP contribution is -2.41. The summed E-state index contributed by atoms with van der Waals surface area (Å²) in [6.07, 6.45) is 0.322. The second-order valence-corrected chi connectivity index (χ2v) is 1.93. The number of hydrogen-bond donors (Lipinski definition) is 1. The first-order valence-corrected chi connectivity index (χ1v) is 2.96. The largest absolute Gasteiger partial charge is 0.353 e. The van der Waals surface area contributed by atoms with Crippen LogP contribution in [0.15, 0.2) is 0 Å². The molecule has 11 heavy (non-hydrogen) atoms. The van der Waals surface area contributed by atoms with E-state index in [1.807, 2.05) is 5.59 Å². The second kappa shape index (κ2) is 3.11. The highest BCUT2D eigenvalue weighted by Gasteiger charge is 2.29. The number of nitrogens with zero attached hydrogens (tertiary/aromatic N) is 1. The molecule has 1 saturated heterocycles. The van der Waals surface area contributed by atoms with Crippen molar-refractivity contribution in [2.75, 3.05) is 0 Å². The summed E-state index contributed by atoms with van der Waals surface area (Å²) in [6, 6.07) is 0. The monoisotopic (exact) mass is 158 g/mol. The first-order valence-electron chi connectivity index (χ1n) is 2.96. The Hall–Kier alpha value is -1.43. The molecule has 0 aromatic rings. The van der Waals surface area contributed by atoms with E-state index in [0.29, 0.717) is 5.01 Å². The van der Waals surface area contributed by atoms with Crippen molar-refractivity contribution in [3.63, 3.8) is 0 Å². The third-order valence-electron chi connectivity index (χ3n) is 1.24. The van der Waals surface area contributed by atoms with E-state index in [9.17, 15) is 14.4 Å². The van der Waals surface area contributed by atoms with Crippen molar-refractivity contribution < 1.29 is 19.2 Å². The van der Waals surface area contributed by atoms with Gasteiger partial charge in [0.1, 0.15) is 0 Å². The molecule has 1 rings (SSSR count). The summed E-state index contributed by atoms with van der Waals surface area (Å²) in [5.41, 5.74) is 1.90. The molecule has 0 aromatic heterocycles. The average molecular weight is 158 g/mol. The number of hydrazine groups is 1. The Morgan fingerprint density at radius 2 is 1.91 bits per heavy atom. The van der Waals surface area contributed by atoms with Gasteiger partial charge in [0.05, 0.1) is 0 Å². The molecule has 0 aromatic carbocycles. The zero-order valence-electron chi connectivity index (χ0n) is 5.57. The van der Waals surface area contributed by atoms with Crippen LogP contribution >= 0.6 is 0 Å². The van der Waals surface area contributed by atoms with E-state index in [-0.39, 0.29) is 19.3 Å². The van der Waals surface area contributed by atoms with Gasteiger partial charge in [0.2, 0.25) is 11.8 Å². The average Bonchev–Trinajstić information content (AvgIpc) is 2.29. The molecular formula is C5H6N2O4. The second-order valence-electron chi connectivity index (χ2n) is 1.93. The minimum Gasteiger partial charge on any atom is -0.353 e. The van der Waals surface area contributed by atoms with Crippen molar-refractivity contribution in [1.29, 1.82) is 0 Å². The van der Waals surface area contributed by atoms with E-state index < -0.39 is 11.8 Å². The summed E-state index contributed by atoms with van der Waals surface area (Å²) in [5.74, 6) is -0.784. The SMILES string of the molecule is O=CONN1C(=O)CCC1=O. The molecule has 0 aliphatic carbocycles. The smallest absolute Gasteiger partial charge is 0.315 e. The van der Waals surface area contributed by atoms with E-state index in [1.54, 1.807) is 0 Å². The predicted molar refractivity (Wildman–Crippen MR) is 31.4 cm³/mol. The van der Waals surface area contributed by atoms with Crippen LogP contribution in [0.25, 0.3) is 0 Å². The van der Waals surface area contributed by atoms with Crippen molar-refractivity contribution in [3.8, 4) is 0 Å². The first kappa shape index (κ1) is 7.67. The van der Waals surface area contributed by atoms with Crippen LogP contribution in [0.4, 0.5) is 0 Å². The number of amides is 2. The molecule has 2 amide bonds. The molecular weight excluding hydrogens is 152 g/mol. The maximum Gasteiger partial charge on any atom is 0.315 e. The molecule has 1 N–H and O–H groups in total. The van der Waals surface area contributed by atoms with Crippen LogP contribution in [0.2, 0.25) is 0 Å².